The van der Waals surface area contributed by atoms with Crippen LogP contribution in [0.4, 0.5) is 0 Å². The third-order valence-electron chi connectivity index (χ3n) is 2.79. The first kappa shape index (κ1) is 10.2. The normalized spacial score (nSPS) is 14.8. The zero-order valence-electron chi connectivity index (χ0n) is 8.61. The van der Waals surface area contributed by atoms with Crippen molar-refractivity contribution in [1.29, 1.82) is 0 Å². The van der Waals surface area contributed by atoms with Gasteiger partial charge in [-0.15, -0.1) is 11.3 Å². The van der Waals surface area contributed by atoms with E-state index in [1.165, 1.54) is 12.8 Å². The fourth-order valence-electron chi connectivity index (χ4n) is 1.99. The molecule has 0 aliphatic heterocycles. The number of rotatable bonds is 1. The predicted octanol–water partition coefficient (Wildman–Crippen LogP) is 3.13. The molecule has 3 nitrogen and oxygen atoms in total. The van der Waals surface area contributed by atoms with Crippen LogP contribution in [0.1, 0.15) is 24.1 Å². The Morgan fingerprint density at radius 2 is 2.06 bits per heavy atom. The van der Waals surface area contributed by atoms with Crippen LogP contribution < -0.4 is 0 Å². The van der Waals surface area contributed by atoms with Gasteiger partial charge in [-0.1, -0.05) is 11.6 Å². The molecule has 0 N–H and O–H groups in total. The smallest absolute Gasteiger partial charge is 0.180 e. The lowest BCUT2D eigenvalue weighted by molar-refractivity contribution is 0.663. The van der Waals surface area contributed by atoms with E-state index < -0.39 is 0 Å². The maximum atomic E-state index is 6.19. The average molecular weight is 252 g/mol. The van der Waals surface area contributed by atoms with Gasteiger partial charge in [-0.3, -0.25) is 0 Å². The topological polar surface area (TPSA) is 38.7 Å². The molecule has 0 atom stereocenters. The lowest BCUT2D eigenvalue weighted by atomic mass is 9.97. The summed E-state index contributed by atoms with van der Waals surface area (Å²) in [6.45, 7) is 0. The maximum absolute atomic E-state index is 6.19. The van der Waals surface area contributed by atoms with Crippen LogP contribution in [0.3, 0.4) is 0 Å². The number of halogens is 1. The van der Waals surface area contributed by atoms with Crippen LogP contribution in [-0.2, 0) is 12.8 Å². The van der Waals surface area contributed by atoms with Gasteiger partial charge in [0.1, 0.15) is 10.8 Å². The summed E-state index contributed by atoms with van der Waals surface area (Å²) < 4.78 is 0. The van der Waals surface area contributed by atoms with Gasteiger partial charge < -0.3 is 0 Å². The summed E-state index contributed by atoms with van der Waals surface area (Å²) in [5.74, 6) is 0.659. The molecule has 0 unspecified atom stereocenters. The van der Waals surface area contributed by atoms with Gasteiger partial charge in [-0.05, 0) is 25.7 Å². The van der Waals surface area contributed by atoms with E-state index in [2.05, 4.69) is 15.0 Å². The standard InChI is InChI=1S/C11H10ClN3S/c12-10-7-3-1-2-4-8(7)14-11(15-10)9-5-16-6-13-9/h5-6H,1-4H2. The highest BCUT2D eigenvalue weighted by molar-refractivity contribution is 7.07. The van der Waals surface area contributed by atoms with Crippen LogP contribution >= 0.6 is 22.9 Å². The number of fused-ring (bicyclic) bond motifs is 1. The minimum Gasteiger partial charge on any atom is -0.241 e. The van der Waals surface area contributed by atoms with Crippen LogP contribution in [0.15, 0.2) is 10.9 Å². The summed E-state index contributed by atoms with van der Waals surface area (Å²) in [6.07, 6.45) is 4.39. The second-order valence-corrected chi connectivity index (χ2v) is 4.92. The maximum Gasteiger partial charge on any atom is 0.180 e. The molecule has 0 saturated carbocycles. The molecule has 5 heteroatoms. The van der Waals surface area contributed by atoms with Crippen LogP contribution in [0, 0.1) is 0 Å². The summed E-state index contributed by atoms with van der Waals surface area (Å²) in [5, 5.41) is 2.55. The lowest BCUT2D eigenvalue weighted by Crippen LogP contribution is -2.08. The van der Waals surface area contributed by atoms with Crippen molar-refractivity contribution in [3.05, 3.63) is 27.3 Å². The third-order valence-corrected chi connectivity index (χ3v) is 3.69. The van der Waals surface area contributed by atoms with Crippen molar-refractivity contribution in [1.82, 2.24) is 15.0 Å². The van der Waals surface area contributed by atoms with Crippen molar-refractivity contribution in [2.45, 2.75) is 25.7 Å². The first-order valence-corrected chi connectivity index (χ1v) is 6.60. The van der Waals surface area contributed by atoms with E-state index in [0.29, 0.717) is 11.0 Å². The van der Waals surface area contributed by atoms with Gasteiger partial charge in [-0.25, -0.2) is 15.0 Å². The second-order valence-electron chi connectivity index (χ2n) is 3.84. The van der Waals surface area contributed by atoms with Gasteiger partial charge in [-0.2, -0.15) is 0 Å². The Hall–Kier alpha value is -1.00. The molecule has 0 radical (unpaired) electrons. The first-order chi connectivity index (χ1) is 7.84. The second kappa shape index (κ2) is 4.11. The SMILES string of the molecule is Clc1nc(-c2cscn2)nc2c1CCCC2. The zero-order chi connectivity index (χ0) is 11.0. The molecule has 3 rings (SSSR count). The van der Waals surface area contributed by atoms with Gasteiger partial charge in [0.2, 0.25) is 0 Å². The van der Waals surface area contributed by atoms with Gasteiger partial charge in [0, 0.05) is 16.6 Å². The predicted molar refractivity (Wildman–Crippen MR) is 64.8 cm³/mol. The van der Waals surface area contributed by atoms with E-state index in [9.17, 15) is 0 Å². The Kier molecular flexibility index (Phi) is 2.61. The molecule has 0 fully saturated rings. The van der Waals surface area contributed by atoms with Crippen LogP contribution in [-0.4, -0.2) is 15.0 Å². The molecule has 16 heavy (non-hydrogen) atoms. The Labute approximate surface area is 103 Å². The number of hydrogen-bond donors (Lipinski definition) is 0. The van der Waals surface area contributed by atoms with Crippen molar-refractivity contribution >= 4 is 22.9 Å². The lowest BCUT2D eigenvalue weighted by Gasteiger charge is -2.15. The van der Waals surface area contributed by atoms with Gasteiger partial charge in [0.15, 0.2) is 5.82 Å². The number of nitrogens with zero attached hydrogens (tertiary/aromatic N) is 3. The quantitative estimate of drug-likeness (QED) is 0.731. The molecule has 0 saturated heterocycles. The Morgan fingerprint density at radius 1 is 1.19 bits per heavy atom. The Bertz CT molecular complexity index is 510. The highest BCUT2D eigenvalue weighted by Gasteiger charge is 2.17. The molecule has 0 aromatic carbocycles. The highest BCUT2D eigenvalue weighted by atomic mass is 35.5. The summed E-state index contributed by atoms with van der Waals surface area (Å²) in [7, 11) is 0. The van der Waals surface area contributed by atoms with E-state index in [4.69, 9.17) is 11.6 Å². The summed E-state index contributed by atoms with van der Waals surface area (Å²) in [6, 6.07) is 0. The molecular formula is C11H10ClN3S. The van der Waals surface area contributed by atoms with Crippen molar-refractivity contribution in [2.24, 2.45) is 0 Å². The fraction of sp³-hybridized carbons (Fsp3) is 0.364. The molecule has 2 heterocycles. The van der Waals surface area contributed by atoms with Gasteiger partial charge in [0.25, 0.3) is 0 Å². The largest absolute Gasteiger partial charge is 0.241 e. The van der Waals surface area contributed by atoms with E-state index in [-0.39, 0.29) is 0 Å². The van der Waals surface area contributed by atoms with Crippen molar-refractivity contribution in [3.8, 4) is 11.5 Å². The van der Waals surface area contributed by atoms with Crippen LogP contribution in [0.2, 0.25) is 5.15 Å². The van der Waals surface area contributed by atoms with E-state index in [1.807, 2.05) is 5.38 Å². The van der Waals surface area contributed by atoms with Crippen molar-refractivity contribution in [3.63, 3.8) is 0 Å². The number of aryl methyl sites for hydroxylation is 1. The van der Waals surface area contributed by atoms with Gasteiger partial charge in [0.05, 0.1) is 5.51 Å². The minimum absolute atomic E-state index is 0.604. The average Bonchev–Trinajstić information content (AvgIpc) is 2.82. The molecule has 1 aliphatic carbocycles. The minimum atomic E-state index is 0.604. The van der Waals surface area contributed by atoms with Gasteiger partial charge >= 0.3 is 0 Å². The zero-order valence-corrected chi connectivity index (χ0v) is 10.2. The molecule has 0 bridgehead atoms. The van der Waals surface area contributed by atoms with E-state index in [1.54, 1.807) is 16.8 Å². The molecule has 82 valence electrons. The highest BCUT2D eigenvalue weighted by Crippen LogP contribution is 2.27. The monoisotopic (exact) mass is 251 g/mol. The Morgan fingerprint density at radius 3 is 2.88 bits per heavy atom. The summed E-state index contributed by atoms with van der Waals surface area (Å²) in [5.41, 5.74) is 4.84. The molecule has 0 spiro atoms. The van der Waals surface area contributed by atoms with E-state index >= 15 is 0 Å². The molecule has 2 aromatic heterocycles. The molecule has 0 amide bonds. The summed E-state index contributed by atoms with van der Waals surface area (Å²) in [4.78, 5) is 13.1. The Balaban J connectivity index is 2.12. The number of hydrogen-bond acceptors (Lipinski definition) is 4. The first-order valence-electron chi connectivity index (χ1n) is 5.28. The molecule has 1 aliphatic rings. The third kappa shape index (κ3) is 1.72. The summed E-state index contributed by atoms with van der Waals surface area (Å²) >= 11 is 7.73. The number of thiazole rings is 1. The number of aromatic nitrogens is 3. The van der Waals surface area contributed by atoms with E-state index in [0.717, 1.165) is 29.8 Å². The van der Waals surface area contributed by atoms with Crippen LogP contribution in [0.25, 0.3) is 11.5 Å². The fourth-order valence-corrected chi connectivity index (χ4v) is 2.80. The van der Waals surface area contributed by atoms with Crippen LogP contribution in [0.5, 0.6) is 0 Å². The molecular weight excluding hydrogens is 242 g/mol. The van der Waals surface area contributed by atoms with Crippen molar-refractivity contribution < 1.29 is 0 Å². The molecule has 2 aromatic rings. The van der Waals surface area contributed by atoms with Crippen molar-refractivity contribution in [2.75, 3.05) is 0 Å².